The van der Waals surface area contributed by atoms with E-state index in [9.17, 15) is 13.2 Å². The Morgan fingerprint density at radius 3 is 2.33 bits per heavy atom. The monoisotopic (exact) mass is 343 g/mol. The van der Waals surface area contributed by atoms with Gasteiger partial charge < -0.3 is 4.90 Å². The van der Waals surface area contributed by atoms with Crippen LogP contribution in [0.15, 0.2) is 58.5 Å². The molecule has 0 aromatic heterocycles. The maximum Gasteiger partial charge on any atom is 0.279 e. The Balaban J connectivity index is 2.02. The summed E-state index contributed by atoms with van der Waals surface area (Å²) in [6.45, 7) is 1.88. The topological polar surface area (TPSA) is 70.0 Å². The van der Waals surface area contributed by atoms with Crippen LogP contribution in [0.2, 0.25) is 0 Å². The average molecular weight is 343 g/mol. The number of fused-ring (bicyclic) bond motifs is 1. The van der Waals surface area contributed by atoms with Crippen LogP contribution < -0.4 is 4.90 Å². The fraction of sp³-hybridized carbons (Fsp3) is 0.176. The molecule has 3 rings (SSSR count). The highest BCUT2D eigenvalue weighted by molar-refractivity contribution is 7.89. The first-order chi connectivity index (χ1) is 11.3. The Bertz CT molecular complexity index is 934. The van der Waals surface area contributed by atoms with Gasteiger partial charge in [0.25, 0.3) is 15.9 Å². The van der Waals surface area contributed by atoms with E-state index in [0.29, 0.717) is 11.3 Å². The van der Waals surface area contributed by atoms with Crippen molar-refractivity contribution < 1.29 is 13.2 Å². The Hall–Kier alpha value is -2.67. The van der Waals surface area contributed by atoms with E-state index >= 15 is 0 Å². The van der Waals surface area contributed by atoms with E-state index in [-0.39, 0.29) is 16.5 Å². The van der Waals surface area contributed by atoms with E-state index in [4.69, 9.17) is 0 Å². The van der Waals surface area contributed by atoms with Gasteiger partial charge in [-0.05, 0) is 25.1 Å². The van der Waals surface area contributed by atoms with Gasteiger partial charge in [-0.3, -0.25) is 4.79 Å². The van der Waals surface area contributed by atoms with Crippen molar-refractivity contribution in [3.05, 3.63) is 59.7 Å². The summed E-state index contributed by atoms with van der Waals surface area (Å²) in [7, 11) is -0.845. The highest BCUT2D eigenvalue weighted by atomic mass is 32.2. The first-order valence-electron chi connectivity index (χ1n) is 7.34. The highest BCUT2D eigenvalue weighted by Crippen LogP contribution is 2.28. The van der Waals surface area contributed by atoms with E-state index in [0.717, 1.165) is 9.98 Å². The van der Waals surface area contributed by atoms with Crippen LogP contribution in [0.25, 0.3) is 0 Å². The number of hydrogen-bond donors (Lipinski definition) is 0. The molecule has 0 saturated heterocycles. The van der Waals surface area contributed by atoms with E-state index in [1.165, 1.54) is 24.1 Å². The lowest BCUT2D eigenvalue weighted by Crippen LogP contribution is -2.29. The van der Waals surface area contributed by atoms with Crippen LogP contribution in [0.4, 0.5) is 5.69 Å². The number of benzene rings is 2. The normalized spacial score (nSPS) is 15.7. The predicted molar refractivity (Wildman–Crippen MR) is 92.5 cm³/mol. The zero-order valence-electron chi connectivity index (χ0n) is 13.6. The second-order valence-corrected chi connectivity index (χ2v) is 7.53. The van der Waals surface area contributed by atoms with Crippen molar-refractivity contribution in [2.24, 2.45) is 5.10 Å². The quantitative estimate of drug-likeness (QED) is 0.800. The third-order valence-corrected chi connectivity index (χ3v) is 5.58. The summed E-state index contributed by atoms with van der Waals surface area (Å²) in [4.78, 5) is 14.0. The number of sulfonamides is 1. The minimum atomic E-state index is -3.81. The first kappa shape index (κ1) is 16.2. The Morgan fingerprint density at radius 1 is 1.04 bits per heavy atom. The molecule has 2 aromatic rings. The van der Waals surface area contributed by atoms with Crippen LogP contribution in [0, 0.1) is 6.92 Å². The van der Waals surface area contributed by atoms with Crippen molar-refractivity contribution >= 4 is 27.3 Å². The summed E-state index contributed by atoms with van der Waals surface area (Å²) >= 11 is 0. The lowest BCUT2D eigenvalue weighted by Gasteiger charge is -2.15. The number of anilines is 1. The molecule has 1 amide bonds. The van der Waals surface area contributed by atoms with Crippen LogP contribution in [0.1, 0.15) is 11.1 Å². The van der Waals surface area contributed by atoms with Crippen molar-refractivity contribution in [1.82, 2.24) is 4.41 Å². The van der Waals surface area contributed by atoms with Crippen molar-refractivity contribution in [3.63, 3.8) is 0 Å². The number of hydrazone groups is 1. The van der Waals surface area contributed by atoms with Gasteiger partial charge in [0, 0.05) is 19.7 Å². The minimum absolute atomic E-state index is 0.117. The number of aryl methyl sites for hydroxylation is 1. The van der Waals surface area contributed by atoms with Crippen molar-refractivity contribution in [1.29, 1.82) is 0 Å². The molecule has 0 radical (unpaired) electrons. The molecular weight excluding hydrogens is 326 g/mol. The first-order valence-corrected chi connectivity index (χ1v) is 8.78. The molecule has 0 spiro atoms. The number of carbonyl (C=O) groups excluding carboxylic acids is 1. The molecule has 7 heteroatoms. The van der Waals surface area contributed by atoms with Crippen LogP contribution in [0.3, 0.4) is 0 Å². The maximum atomic E-state index is 12.6. The van der Waals surface area contributed by atoms with Crippen molar-refractivity contribution in [2.45, 2.75) is 11.8 Å². The molecule has 0 fully saturated rings. The Labute approximate surface area is 141 Å². The molecule has 24 heavy (non-hydrogen) atoms. The van der Waals surface area contributed by atoms with Gasteiger partial charge in [0.05, 0.1) is 10.6 Å². The number of amides is 1. The van der Waals surface area contributed by atoms with E-state index in [2.05, 4.69) is 5.10 Å². The number of carbonyl (C=O) groups is 1. The third kappa shape index (κ3) is 2.56. The molecule has 6 nitrogen and oxygen atoms in total. The summed E-state index contributed by atoms with van der Waals surface area (Å²) in [5.41, 5.74) is 2.41. The fourth-order valence-corrected chi connectivity index (χ4v) is 3.48. The van der Waals surface area contributed by atoms with Gasteiger partial charge >= 0.3 is 0 Å². The molecule has 124 valence electrons. The number of likely N-dealkylation sites (N-methyl/N-ethyl adjacent to an activating group) is 1. The zero-order valence-corrected chi connectivity index (χ0v) is 14.4. The van der Waals surface area contributed by atoms with Crippen LogP contribution in [-0.2, 0) is 14.8 Å². The molecule has 0 saturated carbocycles. The average Bonchev–Trinajstić information content (AvgIpc) is 2.80. The van der Waals surface area contributed by atoms with Gasteiger partial charge in [-0.25, -0.2) is 0 Å². The second-order valence-electron chi connectivity index (χ2n) is 5.58. The second kappa shape index (κ2) is 5.76. The van der Waals surface area contributed by atoms with Crippen LogP contribution >= 0.6 is 0 Å². The predicted octanol–water partition coefficient (Wildman–Crippen LogP) is 2.00. The van der Waals surface area contributed by atoms with Crippen LogP contribution in [0.5, 0.6) is 0 Å². The molecule has 0 atom stereocenters. The largest absolute Gasteiger partial charge is 0.309 e. The zero-order chi connectivity index (χ0) is 17.5. The lowest BCUT2D eigenvalue weighted by atomic mass is 10.1. The molecular formula is C17H17N3O3S. The Kier molecular flexibility index (Phi) is 3.88. The summed E-state index contributed by atoms with van der Waals surface area (Å²) in [6.07, 6.45) is 0. The smallest absolute Gasteiger partial charge is 0.279 e. The maximum absolute atomic E-state index is 12.6. The number of para-hydroxylation sites is 1. The summed E-state index contributed by atoms with van der Waals surface area (Å²) in [5.74, 6) is -0.331. The van der Waals surface area contributed by atoms with Crippen LogP contribution in [-0.4, -0.2) is 38.5 Å². The molecule has 1 heterocycles. The van der Waals surface area contributed by atoms with E-state index < -0.39 is 10.0 Å². The van der Waals surface area contributed by atoms with E-state index in [1.54, 1.807) is 37.4 Å². The standard InChI is InChI=1S/C17H17N3O3S/c1-12-8-10-13(11-9-12)24(22,23)20(3)18-16-14-6-4-5-7-15(14)19(2)17(16)21/h4-11H,1-3H3. The fourth-order valence-electron chi connectivity index (χ4n) is 2.50. The molecule has 1 aliphatic heterocycles. The molecule has 0 N–H and O–H groups in total. The third-order valence-electron chi connectivity index (χ3n) is 3.94. The van der Waals surface area contributed by atoms with Crippen molar-refractivity contribution in [3.8, 4) is 0 Å². The molecule has 0 bridgehead atoms. The van der Waals surface area contributed by atoms with Gasteiger partial charge in [0.1, 0.15) is 0 Å². The van der Waals surface area contributed by atoms with Gasteiger partial charge in [0.2, 0.25) is 0 Å². The van der Waals surface area contributed by atoms with Gasteiger partial charge in [0.15, 0.2) is 5.71 Å². The van der Waals surface area contributed by atoms with Gasteiger partial charge in [-0.1, -0.05) is 35.9 Å². The molecule has 2 aromatic carbocycles. The Morgan fingerprint density at radius 2 is 1.67 bits per heavy atom. The summed E-state index contributed by atoms with van der Waals surface area (Å²) < 4.78 is 26.1. The summed E-state index contributed by atoms with van der Waals surface area (Å²) in [6, 6.07) is 13.6. The molecule has 0 unspecified atom stereocenters. The lowest BCUT2D eigenvalue weighted by molar-refractivity contribution is -0.112. The van der Waals surface area contributed by atoms with Crippen molar-refractivity contribution in [2.75, 3.05) is 19.0 Å². The summed E-state index contributed by atoms with van der Waals surface area (Å²) in [5, 5.41) is 4.09. The van der Waals surface area contributed by atoms with Gasteiger partial charge in [-0.15, -0.1) is 0 Å². The molecule has 0 aliphatic carbocycles. The number of rotatable bonds is 3. The highest BCUT2D eigenvalue weighted by Gasteiger charge is 2.32. The number of nitrogens with zero attached hydrogens (tertiary/aromatic N) is 3. The SMILES string of the molecule is Cc1ccc(S(=O)(=O)N(C)N=C2C(=O)N(C)c3ccccc32)cc1. The van der Waals surface area contributed by atoms with Gasteiger partial charge in [-0.2, -0.15) is 17.9 Å². The minimum Gasteiger partial charge on any atom is -0.309 e. The van der Waals surface area contributed by atoms with E-state index in [1.807, 2.05) is 13.0 Å². The molecule has 1 aliphatic rings. The number of hydrogen-bond acceptors (Lipinski definition) is 4.